The molecule has 7 nitrogen and oxygen atoms in total. The number of aromatic carboxylic acids is 1. The van der Waals surface area contributed by atoms with Crippen molar-refractivity contribution >= 4 is 57.2 Å². The number of pyridine rings is 1. The Morgan fingerprint density at radius 1 is 1.07 bits per heavy atom. The number of benzene rings is 3. The molecule has 0 bridgehead atoms. The van der Waals surface area contributed by atoms with Gasteiger partial charge in [0, 0.05) is 36.7 Å². The summed E-state index contributed by atoms with van der Waals surface area (Å²) in [5.74, 6) is -0.437. The lowest BCUT2D eigenvalue weighted by atomic mass is 9.99. The summed E-state index contributed by atoms with van der Waals surface area (Å²) in [6, 6.07) is 22.3. The Bertz CT molecular complexity index is 1620. The number of fused-ring (bicyclic) bond motifs is 1. The molecule has 2 heterocycles. The Kier molecular flexibility index (Phi) is 8.54. The smallest absolute Gasteiger partial charge is 0.335 e. The van der Waals surface area contributed by atoms with Crippen molar-refractivity contribution in [2.75, 3.05) is 19.8 Å². The summed E-state index contributed by atoms with van der Waals surface area (Å²) in [5.41, 5.74) is 4.71. The lowest BCUT2D eigenvalue weighted by molar-refractivity contribution is -0.122. The van der Waals surface area contributed by atoms with Crippen molar-refractivity contribution in [1.82, 2.24) is 9.88 Å². The van der Waals surface area contributed by atoms with E-state index < -0.39 is 5.97 Å². The molecule has 1 amide bonds. The van der Waals surface area contributed by atoms with Gasteiger partial charge in [0.05, 0.1) is 22.6 Å². The van der Waals surface area contributed by atoms with E-state index in [1.54, 1.807) is 35.4 Å². The van der Waals surface area contributed by atoms with Gasteiger partial charge in [-0.15, -0.1) is 0 Å². The van der Waals surface area contributed by atoms with Crippen LogP contribution in [0.5, 0.6) is 5.75 Å². The lowest BCUT2D eigenvalue weighted by Gasteiger charge is -2.14. The molecule has 40 heavy (non-hydrogen) atoms. The largest absolute Gasteiger partial charge is 0.493 e. The summed E-state index contributed by atoms with van der Waals surface area (Å²) in [5, 5.41) is 19.3. The molecular weight excluding hydrogens is 544 g/mol. The maximum Gasteiger partial charge on any atom is 0.335 e. The maximum atomic E-state index is 13.2. The fraction of sp³-hybridized carbons (Fsp3) is 0.161. The zero-order chi connectivity index (χ0) is 28.1. The Hall–Kier alpha value is -4.05. The van der Waals surface area contributed by atoms with Crippen LogP contribution in [0.4, 0.5) is 0 Å². The Labute approximate surface area is 241 Å². The number of amides is 1. The fourth-order valence-corrected chi connectivity index (χ4v) is 5.69. The Morgan fingerprint density at radius 3 is 2.67 bits per heavy atom. The van der Waals surface area contributed by atoms with Crippen molar-refractivity contribution in [1.29, 1.82) is 0 Å². The van der Waals surface area contributed by atoms with Crippen LogP contribution < -0.4 is 4.74 Å². The SMILES string of the molecule is O=C(O)c1ccc(CCN2C(=O)C(=Cc3ccc(OCCCO)c(-c4ccc5ncccc5c4)c3)SC2=S)cc1. The normalized spacial score (nSPS) is 14.3. The third-order valence-electron chi connectivity index (χ3n) is 6.47. The summed E-state index contributed by atoms with van der Waals surface area (Å²) in [6.07, 6.45) is 4.68. The predicted octanol–water partition coefficient (Wildman–Crippen LogP) is 5.81. The highest BCUT2D eigenvalue weighted by Crippen LogP contribution is 2.36. The number of carboxylic acid groups (broad SMARTS) is 1. The first kappa shape index (κ1) is 27.5. The number of carboxylic acids is 1. The van der Waals surface area contributed by atoms with Gasteiger partial charge in [-0.1, -0.05) is 54.3 Å². The fourth-order valence-electron chi connectivity index (χ4n) is 4.38. The van der Waals surface area contributed by atoms with Gasteiger partial charge in [0.15, 0.2) is 0 Å². The topological polar surface area (TPSA) is 100.0 Å². The van der Waals surface area contributed by atoms with E-state index >= 15 is 0 Å². The number of ether oxygens (including phenoxy) is 1. The number of thioether (sulfide) groups is 1. The molecule has 0 unspecified atom stereocenters. The number of hydrogen-bond donors (Lipinski definition) is 2. The van der Waals surface area contributed by atoms with E-state index in [2.05, 4.69) is 11.1 Å². The molecule has 3 aromatic carbocycles. The zero-order valence-electron chi connectivity index (χ0n) is 21.4. The summed E-state index contributed by atoms with van der Waals surface area (Å²) in [4.78, 5) is 30.9. The monoisotopic (exact) mass is 570 g/mol. The van der Waals surface area contributed by atoms with Gasteiger partial charge < -0.3 is 14.9 Å². The van der Waals surface area contributed by atoms with Gasteiger partial charge in [0.2, 0.25) is 0 Å². The number of nitrogens with zero attached hydrogens (tertiary/aromatic N) is 2. The van der Waals surface area contributed by atoms with Gasteiger partial charge in [-0.3, -0.25) is 14.7 Å². The molecule has 0 radical (unpaired) electrons. The van der Waals surface area contributed by atoms with Crippen molar-refractivity contribution in [3.8, 4) is 16.9 Å². The highest BCUT2D eigenvalue weighted by atomic mass is 32.2. The average Bonchev–Trinajstić information content (AvgIpc) is 3.23. The number of aliphatic hydroxyl groups is 1. The van der Waals surface area contributed by atoms with Crippen LogP contribution in [0.15, 0.2) is 83.9 Å². The van der Waals surface area contributed by atoms with Crippen LogP contribution >= 0.6 is 24.0 Å². The highest BCUT2D eigenvalue weighted by molar-refractivity contribution is 8.26. The molecule has 1 aliphatic heterocycles. The van der Waals surface area contributed by atoms with E-state index in [4.69, 9.17) is 22.1 Å². The molecule has 0 saturated carbocycles. The third-order valence-corrected chi connectivity index (χ3v) is 7.85. The molecular formula is C31H26N2O5S2. The third kappa shape index (κ3) is 6.22. The van der Waals surface area contributed by atoms with Crippen molar-refractivity contribution in [3.05, 3.63) is 101 Å². The molecule has 1 aromatic heterocycles. The molecule has 0 atom stereocenters. The highest BCUT2D eigenvalue weighted by Gasteiger charge is 2.31. The maximum absolute atomic E-state index is 13.2. The van der Waals surface area contributed by atoms with Crippen LogP contribution in [0.25, 0.3) is 28.1 Å². The standard InChI is InChI=1S/C31H26N2O5S2/c34-15-2-16-38-27-11-6-21(17-25(27)23-9-10-26-24(19-23)3-1-13-32-26)18-28-29(35)33(31(39)40-28)14-12-20-4-7-22(8-5-20)30(36)37/h1,3-11,13,17-19,34H,2,12,14-16H2,(H,36,37). The van der Waals surface area contributed by atoms with Crippen molar-refractivity contribution in [3.63, 3.8) is 0 Å². The number of carbonyl (C=O) groups is 2. The van der Waals surface area contributed by atoms with Crippen LogP contribution in [0.2, 0.25) is 0 Å². The second-order valence-electron chi connectivity index (χ2n) is 9.18. The minimum absolute atomic E-state index is 0.0462. The van der Waals surface area contributed by atoms with Crippen LogP contribution in [-0.4, -0.2) is 56.1 Å². The summed E-state index contributed by atoms with van der Waals surface area (Å²) < 4.78 is 6.48. The van der Waals surface area contributed by atoms with E-state index in [9.17, 15) is 14.7 Å². The number of hydrogen-bond acceptors (Lipinski definition) is 7. The number of aromatic nitrogens is 1. The van der Waals surface area contributed by atoms with Gasteiger partial charge >= 0.3 is 5.97 Å². The summed E-state index contributed by atoms with van der Waals surface area (Å²) in [7, 11) is 0. The van der Waals surface area contributed by atoms with Crippen LogP contribution in [0.3, 0.4) is 0 Å². The second kappa shape index (κ2) is 12.4. The van der Waals surface area contributed by atoms with E-state index in [1.165, 1.54) is 11.8 Å². The molecule has 1 saturated heterocycles. The number of thiocarbonyl (C=S) groups is 1. The molecule has 5 rings (SSSR count). The van der Waals surface area contributed by atoms with E-state index in [-0.39, 0.29) is 18.1 Å². The molecule has 2 N–H and O–H groups in total. The zero-order valence-corrected chi connectivity index (χ0v) is 23.1. The molecule has 0 aliphatic carbocycles. The quantitative estimate of drug-likeness (QED) is 0.140. The number of rotatable bonds is 10. The van der Waals surface area contributed by atoms with Gasteiger partial charge in [-0.25, -0.2) is 4.79 Å². The van der Waals surface area contributed by atoms with Crippen molar-refractivity contribution < 1.29 is 24.5 Å². The Morgan fingerprint density at radius 2 is 1.90 bits per heavy atom. The second-order valence-corrected chi connectivity index (χ2v) is 10.9. The molecule has 0 spiro atoms. The van der Waals surface area contributed by atoms with Crippen molar-refractivity contribution in [2.45, 2.75) is 12.8 Å². The first-order valence-electron chi connectivity index (χ1n) is 12.7. The molecule has 4 aromatic rings. The summed E-state index contributed by atoms with van der Waals surface area (Å²) in [6.45, 7) is 0.836. The van der Waals surface area contributed by atoms with Gasteiger partial charge in [0.25, 0.3) is 5.91 Å². The number of aliphatic hydroxyl groups excluding tert-OH is 1. The van der Waals surface area contributed by atoms with Crippen LogP contribution in [-0.2, 0) is 11.2 Å². The molecule has 1 aliphatic rings. The molecule has 202 valence electrons. The van der Waals surface area contributed by atoms with Crippen LogP contribution in [0, 0.1) is 0 Å². The first-order valence-corrected chi connectivity index (χ1v) is 14.0. The number of carbonyl (C=O) groups excluding carboxylic acids is 1. The van der Waals surface area contributed by atoms with Crippen LogP contribution in [0.1, 0.15) is 27.9 Å². The Balaban J connectivity index is 1.38. The van der Waals surface area contributed by atoms with Gasteiger partial charge in [0.1, 0.15) is 10.1 Å². The minimum Gasteiger partial charge on any atom is -0.493 e. The average molecular weight is 571 g/mol. The summed E-state index contributed by atoms with van der Waals surface area (Å²) >= 11 is 6.78. The minimum atomic E-state index is -0.973. The predicted molar refractivity (Wildman–Crippen MR) is 161 cm³/mol. The van der Waals surface area contributed by atoms with Gasteiger partial charge in [-0.2, -0.15) is 0 Å². The molecule has 1 fully saturated rings. The molecule has 9 heteroatoms. The lowest BCUT2D eigenvalue weighted by Crippen LogP contribution is -2.30. The van der Waals surface area contributed by atoms with Crippen molar-refractivity contribution in [2.24, 2.45) is 0 Å². The van der Waals surface area contributed by atoms with E-state index in [0.29, 0.717) is 41.0 Å². The first-order chi connectivity index (χ1) is 19.4. The van der Waals surface area contributed by atoms with E-state index in [1.807, 2.05) is 48.5 Å². The van der Waals surface area contributed by atoms with E-state index in [0.717, 1.165) is 33.2 Å². The van der Waals surface area contributed by atoms with Gasteiger partial charge in [-0.05, 0) is 71.7 Å².